The number of likely N-dealkylation sites (tertiary alicyclic amines) is 2. The standard InChI is InChI=1S/C14H27N3O/c1-11(10-17-7-4-5-14(17)18)15-13-6-8-16(3)12(2)9-13/h11-13,15H,4-10H2,1-3H3. The summed E-state index contributed by atoms with van der Waals surface area (Å²) in [6.07, 6.45) is 4.22. The van der Waals surface area contributed by atoms with Gasteiger partial charge in [-0.05, 0) is 46.7 Å². The van der Waals surface area contributed by atoms with E-state index in [0.717, 1.165) is 25.9 Å². The van der Waals surface area contributed by atoms with E-state index in [2.05, 4.69) is 31.1 Å². The molecule has 2 heterocycles. The molecule has 1 N–H and O–H groups in total. The molecule has 4 nitrogen and oxygen atoms in total. The fourth-order valence-electron chi connectivity index (χ4n) is 3.12. The number of hydrogen-bond acceptors (Lipinski definition) is 3. The van der Waals surface area contributed by atoms with Crippen LogP contribution in [-0.4, -0.2) is 60.5 Å². The highest BCUT2D eigenvalue weighted by Gasteiger charge is 2.26. The summed E-state index contributed by atoms with van der Waals surface area (Å²) in [5, 5.41) is 3.70. The maximum atomic E-state index is 11.6. The Morgan fingerprint density at radius 3 is 2.83 bits per heavy atom. The SMILES string of the molecule is CC(CN1CCCC1=O)NC1CCN(C)C(C)C1. The predicted octanol–water partition coefficient (Wildman–Crippen LogP) is 1.07. The zero-order valence-corrected chi connectivity index (χ0v) is 12.0. The van der Waals surface area contributed by atoms with Gasteiger partial charge in [-0.25, -0.2) is 0 Å². The normalized spacial score (nSPS) is 31.9. The van der Waals surface area contributed by atoms with Crippen LogP contribution in [0.2, 0.25) is 0 Å². The van der Waals surface area contributed by atoms with E-state index in [0.29, 0.717) is 24.0 Å². The molecular formula is C14H27N3O. The molecule has 104 valence electrons. The van der Waals surface area contributed by atoms with Crippen molar-refractivity contribution in [2.24, 2.45) is 0 Å². The Labute approximate surface area is 111 Å². The molecule has 0 aliphatic carbocycles. The minimum absolute atomic E-state index is 0.334. The number of nitrogens with one attached hydrogen (secondary N) is 1. The van der Waals surface area contributed by atoms with Gasteiger partial charge in [-0.1, -0.05) is 0 Å². The third-order valence-electron chi connectivity index (χ3n) is 4.39. The molecule has 2 saturated heterocycles. The van der Waals surface area contributed by atoms with Gasteiger partial charge >= 0.3 is 0 Å². The number of carbonyl (C=O) groups is 1. The lowest BCUT2D eigenvalue weighted by Gasteiger charge is -2.37. The van der Waals surface area contributed by atoms with E-state index in [4.69, 9.17) is 0 Å². The summed E-state index contributed by atoms with van der Waals surface area (Å²) in [5.74, 6) is 0.334. The summed E-state index contributed by atoms with van der Waals surface area (Å²) in [5.41, 5.74) is 0. The summed E-state index contributed by atoms with van der Waals surface area (Å²) < 4.78 is 0. The van der Waals surface area contributed by atoms with Crippen LogP contribution in [0.5, 0.6) is 0 Å². The van der Waals surface area contributed by atoms with Gasteiger partial charge in [0.2, 0.25) is 5.91 Å². The highest BCUT2D eigenvalue weighted by atomic mass is 16.2. The molecule has 0 aromatic heterocycles. The first-order valence-electron chi connectivity index (χ1n) is 7.30. The molecule has 1 amide bonds. The van der Waals surface area contributed by atoms with Crippen LogP contribution < -0.4 is 5.32 Å². The molecule has 3 unspecified atom stereocenters. The second-order valence-corrected chi connectivity index (χ2v) is 6.06. The number of carbonyl (C=O) groups excluding carboxylic acids is 1. The highest BCUT2D eigenvalue weighted by molar-refractivity contribution is 5.78. The van der Waals surface area contributed by atoms with Crippen molar-refractivity contribution in [3.8, 4) is 0 Å². The van der Waals surface area contributed by atoms with Gasteiger partial charge in [0.25, 0.3) is 0 Å². The molecule has 3 atom stereocenters. The molecule has 0 bridgehead atoms. The largest absolute Gasteiger partial charge is 0.341 e. The van der Waals surface area contributed by atoms with Crippen LogP contribution in [-0.2, 0) is 4.79 Å². The molecule has 2 rings (SSSR count). The monoisotopic (exact) mass is 253 g/mol. The van der Waals surface area contributed by atoms with Crippen LogP contribution in [0.4, 0.5) is 0 Å². The molecule has 0 spiro atoms. The fraction of sp³-hybridized carbons (Fsp3) is 0.929. The Morgan fingerprint density at radius 1 is 1.44 bits per heavy atom. The molecule has 2 aliphatic rings. The van der Waals surface area contributed by atoms with Crippen LogP contribution in [0.15, 0.2) is 0 Å². The van der Waals surface area contributed by atoms with Crippen molar-refractivity contribution in [2.45, 2.75) is 57.7 Å². The lowest BCUT2D eigenvalue weighted by molar-refractivity contribution is -0.128. The van der Waals surface area contributed by atoms with Gasteiger partial charge in [0.1, 0.15) is 0 Å². The molecule has 4 heteroatoms. The maximum Gasteiger partial charge on any atom is 0.222 e. The molecule has 0 aromatic rings. The molecule has 2 fully saturated rings. The minimum atomic E-state index is 0.334. The van der Waals surface area contributed by atoms with Crippen LogP contribution >= 0.6 is 0 Å². The van der Waals surface area contributed by atoms with Crippen molar-refractivity contribution in [1.29, 1.82) is 0 Å². The first-order valence-corrected chi connectivity index (χ1v) is 7.30. The number of nitrogens with zero attached hydrogens (tertiary/aromatic N) is 2. The van der Waals surface area contributed by atoms with E-state index in [1.165, 1.54) is 19.4 Å². The van der Waals surface area contributed by atoms with Crippen LogP contribution in [0, 0.1) is 0 Å². The lowest BCUT2D eigenvalue weighted by atomic mass is 9.98. The Kier molecular flexibility index (Phi) is 4.62. The quantitative estimate of drug-likeness (QED) is 0.814. The second-order valence-electron chi connectivity index (χ2n) is 6.06. The Bertz CT molecular complexity index is 295. The highest BCUT2D eigenvalue weighted by Crippen LogP contribution is 2.16. The van der Waals surface area contributed by atoms with Gasteiger partial charge in [-0.2, -0.15) is 0 Å². The van der Waals surface area contributed by atoms with Gasteiger partial charge in [0.05, 0.1) is 0 Å². The summed E-state index contributed by atoms with van der Waals surface area (Å²) in [4.78, 5) is 16.0. The summed E-state index contributed by atoms with van der Waals surface area (Å²) in [6.45, 7) is 7.50. The predicted molar refractivity (Wildman–Crippen MR) is 73.5 cm³/mol. The topological polar surface area (TPSA) is 35.6 Å². The van der Waals surface area contributed by atoms with Crippen molar-refractivity contribution in [2.75, 3.05) is 26.7 Å². The smallest absolute Gasteiger partial charge is 0.222 e. The van der Waals surface area contributed by atoms with Crippen molar-refractivity contribution < 1.29 is 4.79 Å². The van der Waals surface area contributed by atoms with Crippen LogP contribution in [0.3, 0.4) is 0 Å². The van der Waals surface area contributed by atoms with Crippen molar-refractivity contribution in [3.05, 3.63) is 0 Å². The van der Waals surface area contributed by atoms with E-state index < -0.39 is 0 Å². The van der Waals surface area contributed by atoms with E-state index in [9.17, 15) is 4.79 Å². The average Bonchev–Trinajstić information content (AvgIpc) is 2.70. The van der Waals surface area contributed by atoms with E-state index in [1.807, 2.05) is 4.90 Å². The maximum absolute atomic E-state index is 11.6. The van der Waals surface area contributed by atoms with Gasteiger partial charge < -0.3 is 15.1 Å². The Balaban J connectivity index is 1.74. The van der Waals surface area contributed by atoms with E-state index >= 15 is 0 Å². The fourth-order valence-corrected chi connectivity index (χ4v) is 3.12. The Hall–Kier alpha value is -0.610. The minimum Gasteiger partial charge on any atom is -0.341 e. The van der Waals surface area contributed by atoms with E-state index in [1.54, 1.807) is 0 Å². The molecular weight excluding hydrogens is 226 g/mol. The second kappa shape index (κ2) is 6.02. The lowest BCUT2D eigenvalue weighted by Crippen LogP contribution is -2.50. The number of piperidine rings is 1. The zero-order chi connectivity index (χ0) is 13.1. The molecule has 18 heavy (non-hydrogen) atoms. The molecule has 2 aliphatic heterocycles. The summed E-state index contributed by atoms with van der Waals surface area (Å²) in [7, 11) is 2.20. The Morgan fingerprint density at radius 2 is 2.22 bits per heavy atom. The summed E-state index contributed by atoms with van der Waals surface area (Å²) in [6, 6.07) is 1.69. The zero-order valence-electron chi connectivity index (χ0n) is 12.0. The van der Waals surface area contributed by atoms with Crippen molar-refractivity contribution >= 4 is 5.91 Å². The molecule has 0 saturated carbocycles. The van der Waals surface area contributed by atoms with Gasteiger partial charge in [-0.3, -0.25) is 4.79 Å². The molecule has 0 aromatic carbocycles. The van der Waals surface area contributed by atoms with Crippen LogP contribution in [0.25, 0.3) is 0 Å². The average molecular weight is 253 g/mol. The number of hydrogen-bond donors (Lipinski definition) is 1. The van der Waals surface area contributed by atoms with Gasteiger partial charge in [-0.15, -0.1) is 0 Å². The molecule has 0 radical (unpaired) electrons. The number of rotatable bonds is 4. The third-order valence-corrected chi connectivity index (χ3v) is 4.39. The third kappa shape index (κ3) is 3.45. The van der Waals surface area contributed by atoms with Gasteiger partial charge in [0.15, 0.2) is 0 Å². The number of amides is 1. The first kappa shape index (κ1) is 13.8. The summed E-state index contributed by atoms with van der Waals surface area (Å²) >= 11 is 0. The van der Waals surface area contributed by atoms with Crippen molar-refractivity contribution in [1.82, 2.24) is 15.1 Å². The van der Waals surface area contributed by atoms with E-state index in [-0.39, 0.29) is 0 Å². The van der Waals surface area contributed by atoms with Gasteiger partial charge in [0, 0.05) is 37.6 Å². The first-order chi connectivity index (χ1) is 8.56. The van der Waals surface area contributed by atoms with Crippen molar-refractivity contribution in [3.63, 3.8) is 0 Å². The van der Waals surface area contributed by atoms with Crippen LogP contribution in [0.1, 0.15) is 39.5 Å².